The van der Waals surface area contributed by atoms with Crippen LogP contribution in [-0.4, -0.2) is 55.0 Å². The first kappa shape index (κ1) is 24.5. The summed E-state index contributed by atoms with van der Waals surface area (Å²) in [6.07, 6.45) is 0.268. The van der Waals surface area contributed by atoms with Gasteiger partial charge in [-0.2, -0.15) is 0 Å². The van der Waals surface area contributed by atoms with Gasteiger partial charge in [-0.05, 0) is 58.2 Å². The summed E-state index contributed by atoms with van der Waals surface area (Å²) in [6.45, 7) is 12.6. The van der Waals surface area contributed by atoms with Crippen molar-refractivity contribution in [3.63, 3.8) is 0 Å². The Hall–Kier alpha value is -2.57. The molecule has 2 amide bonds. The van der Waals surface area contributed by atoms with E-state index < -0.39 is 17.9 Å². The van der Waals surface area contributed by atoms with E-state index in [1.165, 1.54) is 7.11 Å². The highest BCUT2D eigenvalue weighted by atomic mass is 16.5. The summed E-state index contributed by atoms with van der Waals surface area (Å²) in [4.78, 5) is 39.3. The molecule has 1 rings (SSSR count). The van der Waals surface area contributed by atoms with Gasteiger partial charge in [0.05, 0.1) is 18.8 Å². The number of hydrogen-bond donors (Lipinski definition) is 1. The smallest absolute Gasteiger partial charge is 0.328 e. The first-order valence-electron chi connectivity index (χ1n) is 10.1. The molecular weight excluding hydrogens is 372 g/mol. The molecule has 7 heteroatoms. The first-order chi connectivity index (χ1) is 13.6. The van der Waals surface area contributed by atoms with Crippen LogP contribution in [0.4, 0.5) is 0 Å². The van der Waals surface area contributed by atoms with Crippen LogP contribution >= 0.6 is 0 Å². The van der Waals surface area contributed by atoms with E-state index >= 15 is 0 Å². The molecule has 1 atom stereocenters. The van der Waals surface area contributed by atoms with Gasteiger partial charge in [-0.15, -0.1) is 0 Å². The van der Waals surface area contributed by atoms with Crippen LogP contribution in [0, 0.1) is 5.92 Å². The van der Waals surface area contributed by atoms with Crippen LogP contribution in [0.3, 0.4) is 0 Å². The maximum Gasteiger partial charge on any atom is 0.328 e. The quantitative estimate of drug-likeness (QED) is 0.603. The summed E-state index contributed by atoms with van der Waals surface area (Å²) < 4.78 is 10.6. The minimum atomic E-state index is -0.753. The third-order valence-electron chi connectivity index (χ3n) is 4.38. The molecule has 0 aliphatic rings. The van der Waals surface area contributed by atoms with Crippen molar-refractivity contribution in [2.75, 3.05) is 20.2 Å². The highest BCUT2D eigenvalue weighted by molar-refractivity contribution is 6.01. The molecule has 162 valence electrons. The molecule has 0 unspecified atom stereocenters. The summed E-state index contributed by atoms with van der Waals surface area (Å²) >= 11 is 0. The lowest BCUT2D eigenvalue weighted by atomic mass is 10.0. The number of ether oxygens (including phenoxy) is 2. The highest BCUT2D eigenvalue weighted by Gasteiger charge is 2.25. The van der Waals surface area contributed by atoms with Gasteiger partial charge in [0.25, 0.3) is 11.8 Å². The van der Waals surface area contributed by atoms with Gasteiger partial charge in [0.15, 0.2) is 0 Å². The summed E-state index contributed by atoms with van der Waals surface area (Å²) in [5.41, 5.74) is 0.722. The monoisotopic (exact) mass is 406 g/mol. The maximum atomic E-state index is 12.9. The summed E-state index contributed by atoms with van der Waals surface area (Å²) in [7, 11) is 1.29. The van der Waals surface area contributed by atoms with Crippen LogP contribution in [-0.2, 0) is 9.53 Å². The number of carbonyl (C=O) groups is 3. The molecule has 0 aliphatic heterocycles. The Balaban J connectivity index is 3.22. The largest absolute Gasteiger partial charge is 0.490 e. The Kier molecular flexibility index (Phi) is 9.65. The molecule has 0 saturated heterocycles. The van der Waals surface area contributed by atoms with E-state index in [2.05, 4.69) is 5.32 Å². The van der Waals surface area contributed by atoms with Crippen LogP contribution in [0.1, 0.15) is 68.7 Å². The number of methoxy groups -OCH3 is 1. The molecular formula is C22H34N2O5. The second-order valence-corrected chi connectivity index (χ2v) is 7.53. The van der Waals surface area contributed by atoms with Gasteiger partial charge in [0, 0.05) is 18.7 Å². The second kappa shape index (κ2) is 11.4. The molecule has 0 saturated carbocycles. The van der Waals surface area contributed by atoms with Gasteiger partial charge < -0.3 is 19.7 Å². The molecule has 0 aliphatic carbocycles. The van der Waals surface area contributed by atoms with Crippen molar-refractivity contribution in [2.24, 2.45) is 5.92 Å². The van der Waals surface area contributed by atoms with Crippen molar-refractivity contribution in [1.82, 2.24) is 10.2 Å². The Bertz CT molecular complexity index is 711. The zero-order valence-corrected chi connectivity index (χ0v) is 18.6. The van der Waals surface area contributed by atoms with Crippen molar-refractivity contribution >= 4 is 17.8 Å². The van der Waals surface area contributed by atoms with Crippen molar-refractivity contribution in [2.45, 2.75) is 60.1 Å². The standard InChI is InChI=1S/C22H34N2O5/c1-8-24(9-2)21(26)16-10-11-17(19(13-16)29-15(5)6)20(25)23-18(12-14(3)4)22(27)28-7/h10-11,13-15,18H,8-9,12H2,1-7H3,(H,23,25)/t18-/m0/s1. The average molecular weight is 407 g/mol. The van der Waals surface area contributed by atoms with E-state index in [0.717, 1.165) is 0 Å². The molecule has 0 radical (unpaired) electrons. The van der Waals surface area contributed by atoms with Crippen LogP contribution in [0.15, 0.2) is 18.2 Å². The van der Waals surface area contributed by atoms with Crippen molar-refractivity contribution in [3.8, 4) is 5.75 Å². The van der Waals surface area contributed by atoms with Crippen LogP contribution in [0.25, 0.3) is 0 Å². The molecule has 0 heterocycles. The fourth-order valence-corrected chi connectivity index (χ4v) is 2.95. The zero-order valence-electron chi connectivity index (χ0n) is 18.6. The lowest BCUT2D eigenvalue weighted by Crippen LogP contribution is -2.42. The second-order valence-electron chi connectivity index (χ2n) is 7.53. The Morgan fingerprint density at radius 2 is 1.69 bits per heavy atom. The van der Waals surface area contributed by atoms with Crippen LogP contribution in [0.5, 0.6) is 5.75 Å². The van der Waals surface area contributed by atoms with E-state index in [9.17, 15) is 14.4 Å². The summed E-state index contributed by atoms with van der Waals surface area (Å²) in [6, 6.07) is 4.01. The van der Waals surface area contributed by atoms with Gasteiger partial charge in [0.1, 0.15) is 11.8 Å². The number of nitrogens with zero attached hydrogens (tertiary/aromatic N) is 1. The number of nitrogens with one attached hydrogen (secondary N) is 1. The molecule has 0 spiro atoms. The number of rotatable bonds is 10. The lowest BCUT2D eigenvalue weighted by molar-refractivity contribution is -0.143. The fraction of sp³-hybridized carbons (Fsp3) is 0.591. The van der Waals surface area contributed by atoms with Crippen LogP contribution in [0.2, 0.25) is 0 Å². The molecule has 1 aromatic carbocycles. The topological polar surface area (TPSA) is 84.9 Å². The van der Waals surface area contributed by atoms with Crippen LogP contribution < -0.4 is 10.1 Å². The Labute approximate surface area is 173 Å². The summed E-state index contributed by atoms with van der Waals surface area (Å²) in [5, 5.41) is 2.73. The predicted octanol–water partition coefficient (Wildman–Crippen LogP) is 3.27. The SMILES string of the molecule is CCN(CC)C(=O)c1ccc(C(=O)N[C@@H](CC(C)C)C(=O)OC)c(OC(C)C)c1. The minimum Gasteiger partial charge on any atom is -0.490 e. The average Bonchev–Trinajstić information content (AvgIpc) is 2.66. The Morgan fingerprint density at radius 3 is 2.17 bits per heavy atom. The number of amides is 2. The van der Waals surface area contributed by atoms with E-state index in [4.69, 9.17) is 9.47 Å². The van der Waals surface area contributed by atoms with E-state index in [1.807, 2.05) is 41.5 Å². The number of hydrogen-bond acceptors (Lipinski definition) is 5. The molecule has 1 aromatic rings. The minimum absolute atomic E-state index is 0.122. The molecule has 7 nitrogen and oxygen atoms in total. The van der Waals surface area contributed by atoms with Crippen molar-refractivity contribution in [1.29, 1.82) is 0 Å². The number of carbonyl (C=O) groups excluding carboxylic acids is 3. The molecule has 0 fully saturated rings. The fourth-order valence-electron chi connectivity index (χ4n) is 2.95. The van der Waals surface area contributed by atoms with Gasteiger partial charge in [-0.1, -0.05) is 13.8 Å². The van der Waals surface area contributed by atoms with Crippen molar-refractivity contribution in [3.05, 3.63) is 29.3 Å². The van der Waals surface area contributed by atoms with Gasteiger partial charge in [0.2, 0.25) is 0 Å². The third-order valence-corrected chi connectivity index (χ3v) is 4.38. The normalized spacial score (nSPS) is 11.9. The van der Waals surface area contributed by atoms with Gasteiger partial charge in [-0.3, -0.25) is 9.59 Å². The van der Waals surface area contributed by atoms with E-state index in [-0.39, 0.29) is 23.5 Å². The van der Waals surface area contributed by atoms with Gasteiger partial charge in [-0.25, -0.2) is 4.79 Å². The number of benzene rings is 1. The summed E-state index contributed by atoms with van der Waals surface area (Å²) in [5.74, 6) is -0.559. The zero-order chi connectivity index (χ0) is 22.1. The molecule has 0 aromatic heterocycles. The lowest BCUT2D eigenvalue weighted by Gasteiger charge is -2.22. The van der Waals surface area contributed by atoms with Gasteiger partial charge >= 0.3 is 5.97 Å². The first-order valence-corrected chi connectivity index (χ1v) is 10.1. The van der Waals surface area contributed by atoms with E-state index in [0.29, 0.717) is 30.8 Å². The molecule has 0 bridgehead atoms. The highest BCUT2D eigenvalue weighted by Crippen LogP contribution is 2.23. The maximum absolute atomic E-state index is 12.9. The molecule has 29 heavy (non-hydrogen) atoms. The third kappa shape index (κ3) is 7.07. The molecule has 1 N–H and O–H groups in total. The Morgan fingerprint density at radius 1 is 1.07 bits per heavy atom. The van der Waals surface area contributed by atoms with Crippen molar-refractivity contribution < 1.29 is 23.9 Å². The predicted molar refractivity (Wildman–Crippen MR) is 112 cm³/mol. The number of esters is 1. The van der Waals surface area contributed by atoms with E-state index in [1.54, 1.807) is 23.1 Å².